The maximum absolute atomic E-state index is 14.4. The van der Waals surface area contributed by atoms with Gasteiger partial charge in [-0.1, -0.05) is 0 Å². The highest BCUT2D eigenvalue weighted by Gasteiger charge is 2.24. The summed E-state index contributed by atoms with van der Waals surface area (Å²) in [4.78, 5) is 12.1. The Labute approximate surface area is 152 Å². The minimum absolute atomic E-state index is 0.0896. The van der Waals surface area contributed by atoms with E-state index in [9.17, 15) is 13.6 Å². The van der Waals surface area contributed by atoms with Crippen LogP contribution >= 0.6 is 0 Å². The van der Waals surface area contributed by atoms with Gasteiger partial charge in [0.25, 0.3) is 0 Å². The van der Waals surface area contributed by atoms with Crippen molar-refractivity contribution in [2.75, 3.05) is 13.7 Å². The number of ether oxygens (including phenoxy) is 2. The predicted molar refractivity (Wildman–Crippen MR) is 93.6 cm³/mol. The second kappa shape index (κ2) is 8.66. The lowest BCUT2D eigenvalue weighted by Gasteiger charge is -2.25. The zero-order valence-corrected chi connectivity index (χ0v) is 15.0. The molecule has 1 aliphatic heterocycles. The number of carbonyl (C=O) groups excluding carboxylic acids is 1. The van der Waals surface area contributed by atoms with Gasteiger partial charge in [-0.05, 0) is 51.1 Å². The Kier molecular flexibility index (Phi) is 6.29. The lowest BCUT2D eigenvalue weighted by Crippen LogP contribution is -2.40. The van der Waals surface area contributed by atoms with E-state index in [1.165, 1.54) is 19.2 Å². The lowest BCUT2D eigenvalue weighted by molar-refractivity contribution is -0.122. The summed E-state index contributed by atoms with van der Waals surface area (Å²) in [5, 5.41) is 5.94. The summed E-state index contributed by atoms with van der Waals surface area (Å²) in [6, 6.07) is 2.66. The highest BCUT2D eigenvalue weighted by atomic mass is 19.1. The van der Waals surface area contributed by atoms with Crippen LogP contribution in [0.25, 0.3) is 0 Å². The number of alkyl halides is 1. The van der Waals surface area contributed by atoms with Gasteiger partial charge in [-0.25, -0.2) is 8.78 Å². The van der Waals surface area contributed by atoms with E-state index < -0.39 is 12.0 Å². The van der Waals surface area contributed by atoms with Crippen LogP contribution in [0, 0.1) is 5.82 Å². The van der Waals surface area contributed by atoms with Crippen LogP contribution in [0.5, 0.6) is 11.5 Å². The Morgan fingerprint density at radius 2 is 2.00 bits per heavy atom. The minimum Gasteiger partial charge on any atom is -0.496 e. The van der Waals surface area contributed by atoms with E-state index in [0.29, 0.717) is 37.0 Å². The molecule has 2 aliphatic rings. The first-order chi connectivity index (χ1) is 12.6. The second-order valence-electron chi connectivity index (χ2n) is 6.95. The van der Waals surface area contributed by atoms with Crippen molar-refractivity contribution in [1.29, 1.82) is 0 Å². The molecule has 144 valence electrons. The fourth-order valence-corrected chi connectivity index (χ4v) is 3.53. The number of nitrogens with one attached hydrogen (secondary N) is 2. The highest BCUT2D eigenvalue weighted by molar-refractivity contribution is 5.82. The Morgan fingerprint density at radius 1 is 1.23 bits per heavy atom. The first kappa shape index (κ1) is 18.9. The Bertz CT molecular complexity index is 627. The number of amides is 1. The first-order valence-electron chi connectivity index (χ1n) is 9.25. The molecule has 0 spiro atoms. The third-order valence-electron chi connectivity index (χ3n) is 5.06. The number of carbonyl (C=O) groups is 1. The van der Waals surface area contributed by atoms with Gasteiger partial charge in [-0.3, -0.25) is 4.79 Å². The molecular formula is C19H26F2N2O3. The summed E-state index contributed by atoms with van der Waals surface area (Å²) in [5.41, 5.74) is 0.552. The van der Waals surface area contributed by atoms with Crippen molar-refractivity contribution in [1.82, 2.24) is 10.6 Å². The Balaban J connectivity index is 1.63. The summed E-state index contributed by atoms with van der Waals surface area (Å²) in [6.07, 6.45) is 2.88. The third-order valence-corrected chi connectivity index (χ3v) is 5.06. The lowest BCUT2D eigenvalue weighted by atomic mass is 9.96. The monoisotopic (exact) mass is 368 g/mol. The fraction of sp³-hybridized carbons (Fsp3) is 0.632. The van der Waals surface area contributed by atoms with Crippen LogP contribution in [0.4, 0.5) is 8.78 Å². The summed E-state index contributed by atoms with van der Waals surface area (Å²) >= 11 is 0. The van der Waals surface area contributed by atoms with E-state index in [0.717, 1.165) is 19.4 Å². The third kappa shape index (κ3) is 4.63. The molecule has 0 unspecified atom stereocenters. The number of benzene rings is 1. The van der Waals surface area contributed by atoms with E-state index in [1.54, 1.807) is 0 Å². The molecule has 0 bridgehead atoms. The number of hydrogen-bond acceptors (Lipinski definition) is 4. The van der Waals surface area contributed by atoms with Crippen LogP contribution in [0.2, 0.25) is 0 Å². The smallest absolute Gasteiger partial charge is 0.237 e. The Morgan fingerprint density at radius 3 is 2.65 bits per heavy atom. The van der Waals surface area contributed by atoms with Crippen molar-refractivity contribution in [3.63, 3.8) is 0 Å². The summed E-state index contributed by atoms with van der Waals surface area (Å²) in [7, 11) is 1.50. The van der Waals surface area contributed by atoms with Crippen LogP contribution in [-0.4, -0.2) is 37.9 Å². The van der Waals surface area contributed by atoms with Gasteiger partial charge in [0, 0.05) is 18.2 Å². The SMILES string of the molecule is COc1cc(OC2CCC(F)CC2)c(F)cc1CNC(=O)[C@@H]1CCCN1. The van der Waals surface area contributed by atoms with E-state index in [4.69, 9.17) is 9.47 Å². The van der Waals surface area contributed by atoms with Crippen LogP contribution < -0.4 is 20.1 Å². The molecule has 1 aromatic carbocycles. The van der Waals surface area contributed by atoms with Crippen LogP contribution in [-0.2, 0) is 11.3 Å². The molecule has 2 N–H and O–H groups in total. The number of methoxy groups -OCH3 is 1. The molecule has 2 fully saturated rings. The van der Waals surface area contributed by atoms with Crippen LogP contribution in [0.3, 0.4) is 0 Å². The van der Waals surface area contributed by atoms with E-state index in [2.05, 4.69) is 10.6 Å². The summed E-state index contributed by atoms with van der Waals surface area (Å²) < 4.78 is 38.7. The molecular weight excluding hydrogens is 342 g/mol. The van der Waals surface area contributed by atoms with Crippen molar-refractivity contribution in [3.8, 4) is 11.5 Å². The van der Waals surface area contributed by atoms with E-state index in [1.807, 2.05) is 0 Å². The number of hydrogen-bond donors (Lipinski definition) is 2. The van der Waals surface area contributed by atoms with Crippen molar-refractivity contribution in [2.24, 2.45) is 0 Å². The zero-order chi connectivity index (χ0) is 18.5. The van der Waals surface area contributed by atoms with E-state index in [-0.39, 0.29) is 30.3 Å². The standard InChI is InChI=1S/C19H26F2N2O3/c1-25-17-10-18(26-14-6-4-13(20)5-7-14)15(21)9-12(17)11-23-19(24)16-3-2-8-22-16/h9-10,13-14,16,22H,2-8,11H2,1H3,(H,23,24)/t13?,14?,16-/m0/s1. The predicted octanol–water partition coefficient (Wildman–Crippen LogP) is 2.86. The van der Waals surface area contributed by atoms with Gasteiger partial charge in [0.15, 0.2) is 11.6 Å². The summed E-state index contributed by atoms with van der Waals surface area (Å²) in [6.45, 7) is 1.02. The van der Waals surface area contributed by atoms with Gasteiger partial charge < -0.3 is 20.1 Å². The number of rotatable bonds is 6. The molecule has 26 heavy (non-hydrogen) atoms. The topological polar surface area (TPSA) is 59.6 Å². The average Bonchev–Trinajstić information content (AvgIpc) is 3.18. The largest absolute Gasteiger partial charge is 0.496 e. The Hall–Kier alpha value is -1.89. The fourth-order valence-electron chi connectivity index (χ4n) is 3.53. The molecule has 0 aromatic heterocycles. The summed E-state index contributed by atoms with van der Waals surface area (Å²) in [5.74, 6) is -0.0263. The normalized spacial score (nSPS) is 25.7. The maximum atomic E-state index is 14.4. The van der Waals surface area contributed by atoms with Gasteiger partial charge in [-0.2, -0.15) is 0 Å². The number of halogens is 2. The zero-order valence-electron chi connectivity index (χ0n) is 15.0. The van der Waals surface area contributed by atoms with Gasteiger partial charge in [0.1, 0.15) is 11.9 Å². The average molecular weight is 368 g/mol. The molecule has 7 heteroatoms. The molecule has 0 radical (unpaired) electrons. The molecule has 1 aromatic rings. The van der Waals surface area contributed by atoms with Crippen molar-refractivity contribution < 1.29 is 23.0 Å². The van der Waals surface area contributed by atoms with Crippen molar-refractivity contribution in [2.45, 2.75) is 63.4 Å². The van der Waals surface area contributed by atoms with Gasteiger partial charge in [0.2, 0.25) is 5.91 Å². The van der Waals surface area contributed by atoms with Crippen LogP contribution in [0.15, 0.2) is 12.1 Å². The molecule has 1 heterocycles. The highest BCUT2D eigenvalue weighted by Crippen LogP contribution is 2.32. The maximum Gasteiger partial charge on any atom is 0.237 e. The van der Waals surface area contributed by atoms with Gasteiger partial charge in [-0.15, -0.1) is 0 Å². The van der Waals surface area contributed by atoms with E-state index >= 15 is 0 Å². The van der Waals surface area contributed by atoms with Gasteiger partial charge >= 0.3 is 0 Å². The molecule has 5 nitrogen and oxygen atoms in total. The molecule has 1 atom stereocenters. The van der Waals surface area contributed by atoms with Crippen molar-refractivity contribution >= 4 is 5.91 Å². The van der Waals surface area contributed by atoms with Crippen LogP contribution in [0.1, 0.15) is 44.1 Å². The van der Waals surface area contributed by atoms with Crippen molar-refractivity contribution in [3.05, 3.63) is 23.5 Å². The minimum atomic E-state index is -0.783. The first-order valence-corrected chi connectivity index (χ1v) is 9.25. The molecule has 1 saturated heterocycles. The molecule has 3 rings (SSSR count). The molecule has 1 aliphatic carbocycles. The van der Waals surface area contributed by atoms with Gasteiger partial charge in [0.05, 0.1) is 19.3 Å². The quantitative estimate of drug-likeness (QED) is 0.811. The molecule has 1 saturated carbocycles. The second-order valence-corrected chi connectivity index (χ2v) is 6.95. The molecule has 1 amide bonds.